The van der Waals surface area contributed by atoms with Gasteiger partial charge in [0.1, 0.15) is 0 Å². The predicted molar refractivity (Wildman–Crippen MR) is 73.5 cm³/mol. The van der Waals surface area contributed by atoms with Crippen molar-refractivity contribution >= 4 is 12.4 Å². The number of rotatable bonds is 5. The van der Waals surface area contributed by atoms with E-state index < -0.39 is 0 Å². The van der Waals surface area contributed by atoms with E-state index in [-0.39, 0.29) is 18.4 Å². The molecule has 1 unspecified atom stereocenters. The van der Waals surface area contributed by atoms with Gasteiger partial charge in [0.15, 0.2) is 11.5 Å². The van der Waals surface area contributed by atoms with E-state index in [1.807, 2.05) is 26.0 Å². The number of aryl methyl sites for hydroxylation is 1. The van der Waals surface area contributed by atoms with Crippen LogP contribution in [0, 0.1) is 6.92 Å². The second kappa shape index (κ2) is 7.41. The van der Waals surface area contributed by atoms with Crippen LogP contribution in [0.5, 0.6) is 11.5 Å². The molecule has 0 radical (unpaired) electrons. The highest BCUT2D eigenvalue weighted by Crippen LogP contribution is 2.31. The molecule has 0 heterocycles. The number of nitrogens with two attached hydrogens (primary N) is 1. The van der Waals surface area contributed by atoms with Gasteiger partial charge in [0.25, 0.3) is 0 Å². The van der Waals surface area contributed by atoms with Crippen LogP contribution in [-0.4, -0.2) is 19.8 Å². The summed E-state index contributed by atoms with van der Waals surface area (Å²) in [5.41, 5.74) is 8.23. The fourth-order valence-corrected chi connectivity index (χ4v) is 1.70. The maximum Gasteiger partial charge on any atom is 0.161 e. The topological polar surface area (TPSA) is 44.5 Å². The number of methoxy groups -OCH3 is 1. The first kappa shape index (κ1) is 16.1. The first-order valence-electron chi connectivity index (χ1n) is 5.64. The summed E-state index contributed by atoms with van der Waals surface area (Å²) in [5, 5.41) is 0. The minimum Gasteiger partial charge on any atom is -0.493 e. The summed E-state index contributed by atoms with van der Waals surface area (Å²) >= 11 is 0. The van der Waals surface area contributed by atoms with Crippen molar-refractivity contribution in [2.45, 2.75) is 33.2 Å². The van der Waals surface area contributed by atoms with Gasteiger partial charge in [-0.25, -0.2) is 0 Å². The fraction of sp³-hybridized carbons (Fsp3) is 0.538. The molecule has 0 bridgehead atoms. The average molecular weight is 260 g/mol. The van der Waals surface area contributed by atoms with Crippen molar-refractivity contribution in [2.24, 2.45) is 5.73 Å². The molecule has 0 saturated carbocycles. The van der Waals surface area contributed by atoms with Gasteiger partial charge in [-0.05, 0) is 50.5 Å². The number of ether oxygens (including phenoxy) is 2. The van der Waals surface area contributed by atoms with Gasteiger partial charge >= 0.3 is 0 Å². The van der Waals surface area contributed by atoms with Gasteiger partial charge in [0.2, 0.25) is 0 Å². The molecular weight excluding hydrogens is 238 g/mol. The highest BCUT2D eigenvalue weighted by Gasteiger charge is 2.10. The van der Waals surface area contributed by atoms with Crippen molar-refractivity contribution in [3.05, 3.63) is 23.3 Å². The average Bonchev–Trinajstić information content (AvgIpc) is 2.22. The lowest BCUT2D eigenvalue weighted by Gasteiger charge is -2.15. The standard InChI is InChI=1S/C13H21NO2.ClH/c1-5-16-13-8-11(7-10(3)14)9(2)6-12(13)15-4;/h6,8,10H,5,7,14H2,1-4H3;1H. The Morgan fingerprint density at radius 2 is 1.94 bits per heavy atom. The van der Waals surface area contributed by atoms with Gasteiger partial charge in [-0.2, -0.15) is 0 Å². The maximum absolute atomic E-state index is 5.82. The van der Waals surface area contributed by atoms with E-state index in [0.29, 0.717) is 6.61 Å². The molecule has 0 aliphatic heterocycles. The largest absolute Gasteiger partial charge is 0.493 e. The minimum atomic E-state index is 0. The van der Waals surface area contributed by atoms with Gasteiger partial charge in [-0.1, -0.05) is 0 Å². The first-order valence-corrected chi connectivity index (χ1v) is 5.64. The molecule has 17 heavy (non-hydrogen) atoms. The van der Waals surface area contributed by atoms with Crippen LogP contribution in [0.2, 0.25) is 0 Å². The van der Waals surface area contributed by atoms with Crippen molar-refractivity contribution in [1.82, 2.24) is 0 Å². The van der Waals surface area contributed by atoms with E-state index in [4.69, 9.17) is 15.2 Å². The van der Waals surface area contributed by atoms with Gasteiger partial charge in [-0.3, -0.25) is 0 Å². The predicted octanol–water partition coefficient (Wildman–Crippen LogP) is 2.71. The summed E-state index contributed by atoms with van der Waals surface area (Å²) in [7, 11) is 1.66. The van der Waals surface area contributed by atoms with Crippen LogP contribution in [0.3, 0.4) is 0 Å². The summed E-state index contributed by atoms with van der Waals surface area (Å²) in [6.07, 6.45) is 0.857. The van der Waals surface area contributed by atoms with Crippen LogP contribution in [-0.2, 0) is 6.42 Å². The SMILES string of the molecule is CCOc1cc(CC(C)N)c(C)cc1OC.Cl. The quantitative estimate of drug-likeness (QED) is 0.884. The molecule has 1 aromatic rings. The zero-order valence-electron chi connectivity index (χ0n) is 10.9. The van der Waals surface area contributed by atoms with E-state index in [1.165, 1.54) is 11.1 Å². The van der Waals surface area contributed by atoms with Gasteiger partial charge in [-0.15, -0.1) is 12.4 Å². The Labute approximate surface area is 110 Å². The molecule has 2 N–H and O–H groups in total. The van der Waals surface area contributed by atoms with Crippen LogP contribution in [0.1, 0.15) is 25.0 Å². The van der Waals surface area contributed by atoms with Crippen molar-refractivity contribution < 1.29 is 9.47 Å². The van der Waals surface area contributed by atoms with Crippen molar-refractivity contribution in [3.8, 4) is 11.5 Å². The fourth-order valence-electron chi connectivity index (χ4n) is 1.70. The third-order valence-electron chi connectivity index (χ3n) is 2.46. The molecule has 0 spiro atoms. The van der Waals surface area contributed by atoms with Crippen molar-refractivity contribution in [3.63, 3.8) is 0 Å². The van der Waals surface area contributed by atoms with Crippen LogP contribution < -0.4 is 15.2 Å². The third kappa shape index (κ3) is 4.44. The highest BCUT2D eigenvalue weighted by atomic mass is 35.5. The van der Waals surface area contributed by atoms with Crippen LogP contribution in [0.15, 0.2) is 12.1 Å². The Balaban J connectivity index is 0.00000256. The second-order valence-corrected chi connectivity index (χ2v) is 4.04. The summed E-state index contributed by atoms with van der Waals surface area (Å²) in [6.45, 7) is 6.67. The van der Waals surface area contributed by atoms with E-state index >= 15 is 0 Å². The Kier molecular flexibility index (Phi) is 7.00. The molecule has 0 aliphatic rings. The summed E-state index contributed by atoms with van der Waals surface area (Å²) in [4.78, 5) is 0. The van der Waals surface area contributed by atoms with Gasteiger partial charge < -0.3 is 15.2 Å². The normalized spacial score (nSPS) is 11.6. The Bertz CT molecular complexity index is 354. The molecule has 98 valence electrons. The monoisotopic (exact) mass is 259 g/mol. The number of hydrogen-bond donors (Lipinski definition) is 1. The molecule has 0 aliphatic carbocycles. The van der Waals surface area contributed by atoms with E-state index in [9.17, 15) is 0 Å². The summed E-state index contributed by atoms with van der Waals surface area (Å²) in [6, 6.07) is 4.19. The molecule has 0 saturated heterocycles. The zero-order chi connectivity index (χ0) is 12.1. The molecule has 3 nitrogen and oxygen atoms in total. The third-order valence-corrected chi connectivity index (χ3v) is 2.46. The summed E-state index contributed by atoms with van der Waals surface area (Å²) in [5.74, 6) is 1.58. The molecule has 1 atom stereocenters. The Morgan fingerprint density at radius 3 is 2.41 bits per heavy atom. The van der Waals surface area contributed by atoms with Crippen molar-refractivity contribution in [2.75, 3.05) is 13.7 Å². The number of halogens is 1. The second-order valence-electron chi connectivity index (χ2n) is 4.04. The lowest BCUT2D eigenvalue weighted by molar-refractivity contribution is 0.310. The van der Waals surface area contributed by atoms with Crippen molar-refractivity contribution in [1.29, 1.82) is 0 Å². The molecule has 0 fully saturated rings. The smallest absolute Gasteiger partial charge is 0.161 e. The first-order chi connectivity index (χ1) is 7.58. The molecule has 0 amide bonds. The van der Waals surface area contributed by atoms with E-state index in [1.54, 1.807) is 7.11 Å². The lowest BCUT2D eigenvalue weighted by atomic mass is 10.0. The lowest BCUT2D eigenvalue weighted by Crippen LogP contribution is -2.18. The Hall–Kier alpha value is -0.930. The number of hydrogen-bond acceptors (Lipinski definition) is 3. The molecule has 1 aromatic carbocycles. The van der Waals surface area contributed by atoms with Crippen LogP contribution in [0.4, 0.5) is 0 Å². The van der Waals surface area contributed by atoms with Gasteiger partial charge in [0.05, 0.1) is 13.7 Å². The van der Waals surface area contributed by atoms with Crippen LogP contribution >= 0.6 is 12.4 Å². The summed E-state index contributed by atoms with van der Waals surface area (Å²) < 4.78 is 10.8. The molecular formula is C13H22ClNO2. The maximum atomic E-state index is 5.82. The zero-order valence-corrected chi connectivity index (χ0v) is 11.8. The minimum absolute atomic E-state index is 0. The molecule has 4 heteroatoms. The molecule has 1 rings (SSSR count). The van der Waals surface area contributed by atoms with Crippen LogP contribution in [0.25, 0.3) is 0 Å². The molecule has 0 aromatic heterocycles. The van der Waals surface area contributed by atoms with E-state index in [0.717, 1.165) is 17.9 Å². The Morgan fingerprint density at radius 1 is 1.29 bits per heavy atom. The van der Waals surface area contributed by atoms with Gasteiger partial charge in [0, 0.05) is 6.04 Å². The number of benzene rings is 1. The highest BCUT2D eigenvalue weighted by molar-refractivity contribution is 5.85. The van der Waals surface area contributed by atoms with E-state index in [2.05, 4.69) is 6.92 Å².